The van der Waals surface area contributed by atoms with E-state index in [1.54, 1.807) is 18.2 Å². The maximum Gasteiger partial charge on any atom is 0.342 e. The van der Waals surface area contributed by atoms with Crippen LogP contribution in [0.3, 0.4) is 0 Å². The zero-order valence-electron chi connectivity index (χ0n) is 9.76. The van der Waals surface area contributed by atoms with Crippen molar-refractivity contribution in [2.45, 2.75) is 6.29 Å². The summed E-state index contributed by atoms with van der Waals surface area (Å²) in [6.07, 6.45) is -0.529. The third-order valence-corrected chi connectivity index (χ3v) is 2.54. The van der Waals surface area contributed by atoms with Gasteiger partial charge in [-0.3, -0.25) is 0 Å². The van der Waals surface area contributed by atoms with Crippen molar-refractivity contribution in [2.24, 2.45) is 0 Å². The van der Waals surface area contributed by atoms with Gasteiger partial charge in [0.05, 0.1) is 27.4 Å². The molecule has 0 aliphatic carbocycles. The summed E-state index contributed by atoms with van der Waals surface area (Å²) < 4.78 is 20.7. The van der Waals surface area contributed by atoms with E-state index in [1.807, 2.05) is 0 Å². The Labute approximate surface area is 99.2 Å². The SMILES string of the molecule is COC(=O)c1c(OC)cccc1C1OCCO1. The number of benzene rings is 1. The molecule has 1 aromatic rings. The lowest BCUT2D eigenvalue weighted by Crippen LogP contribution is -2.11. The van der Waals surface area contributed by atoms with E-state index >= 15 is 0 Å². The van der Waals surface area contributed by atoms with Gasteiger partial charge in [-0.2, -0.15) is 0 Å². The molecule has 0 unspecified atom stereocenters. The minimum atomic E-state index is -0.529. The van der Waals surface area contributed by atoms with E-state index in [2.05, 4.69) is 0 Å². The minimum Gasteiger partial charge on any atom is -0.496 e. The Hall–Kier alpha value is -1.59. The molecule has 5 heteroatoms. The van der Waals surface area contributed by atoms with Crippen molar-refractivity contribution in [3.63, 3.8) is 0 Å². The summed E-state index contributed by atoms with van der Waals surface area (Å²) in [7, 11) is 2.83. The van der Waals surface area contributed by atoms with Gasteiger partial charge in [0.15, 0.2) is 6.29 Å². The van der Waals surface area contributed by atoms with Gasteiger partial charge in [-0.05, 0) is 6.07 Å². The molecule has 17 heavy (non-hydrogen) atoms. The molecule has 0 bridgehead atoms. The molecule has 0 spiro atoms. The molecule has 0 atom stereocenters. The van der Waals surface area contributed by atoms with Crippen LogP contribution in [0.1, 0.15) is 22.2 Å². The van der Waals surface area contributed by atoms with Crippen LogP contribution in [0, 0.1) is 0 Å². The van der Waals surface area contributed by atoms with Crippen molar-refractivity contribution < 1.29 is 23.7 Å². The molecule has 1 saturated heterocycles. The first kappa shape index (κ1) is 11.9. The standard InChI is InChI=1S/C12H14O5/c1-14-9-5-3-4-8(10(9)11(13)15-2)12-16-6-7-17-12/h3-5,12H,6-7H2,1-2H3. The lowest BCUT2D eigenvalue weighted by Gasteiger charge is -2.15. The molecule has 92 valence electrons. The van der Waals surface area contributed by atoms with E-state index in [0.29, 0.717) is 30.1 Å². The molecule has 1 aliphatic heterocycles. The number of methoxy groups -OCH3 is 2. The Balaban J connectivity index is 2.45. The summed E-state index contributed by atoms with van der Waals surface area (Å²) in [5.74, 6) is -0.00926. The highest BCUT2D eigenvalue weighted by Crippen LogP contribution is 2.32. The topological polar surface area (TPSA) is 54.0 Å². The number of esters is 1. The Kier molecular flexibility index (Phi) is 3.61. The van der Waals surface area contributed by atoms with Crippen molar-refractivity contribution in [3.8, 4) is 5.75 Å². The molecule has 0 saturated carbocycles. The van der Waals surface area contributed by atoms with Crippen molar-refractivity contribution in [3.05, 3.63) is 29.3 Å². The van der Waals surface area contributed by atoms with E-state index in [9.17, 15) is 4.79 Å². The smallest absolute Gasteiger partial charge is 0.342 e. The second-order valence-electron chi connectivity index (χ2n) is 3.49. The molecule has 0 amide bonds. The van der Waals surface area contributed by atoms with Gasteiger partial charge < -0.3 is 18.9 Å². The first-order chi connectivity index (χ1) is 8.27. The zero-order valence-corrected chi connectivity index (χ0v) is 9.76. The first-order valence-electron chi connectivity index (χ1n) is 5.26. The number of hydrogen-bond donors (Lipinski definition) is 0. The zero-order chi connectivity index (χ0) is 12.3. The van der Waals surface area contributed by atoms with Gasteiger partial charge in [-0.25, -0.2) is 4.79 Å². The fraction of sp³-hybridized carbons (Fsp3) is 0.417. The highest BCUT2D eigenvalue weighted by Gasteiger charge is 2.27. The summed E-state index contributed by atoms with van der Waals surface area (Å²) in [6, 6.07) is 5.25. The van der Waals surface area contributed by atoms with Crippen LogP contribution in [-0.4, -0.2) is 33.4 Å². The van der Waals surface area contributed by atoms with Gasteiger partial charge >= 0.3 is 5.97 Å². The van der Waals surface area contributed by atoms with Crippen LogP contribution < -0.4 is 4.74 Å². The summed E-state index contributed by atoms with van der Waals surface area (Å²) in [5, 5.41) is 0. The van der Waals surface area contributed by atoms with Gasteiger partial charge in [0.2, 0.25) is 0 Å². The Morgan fingerprint density at radius 1 is 1.29 bits per heavy atom. The largest absolute Gasteiger partial charge is 0.496 e. The van der Waals surface area contributed by atoms with Crippen molar-refractivity contribution >= 4 is 5.97 Å². The normalized spacial score (nSPS) is 15.9. The van der Waals surface area contributed by atoms with Crippen LogP contribution in [0.25, 0.3) is 0 Å². The van der Waals surface area contributed by atoms with Gasteiger partial charge in [-0.1, -0.05) is 12.1 Å². The van der Waals surface area contributed by atoms with Crippen molar-refractivity contribution in [1.82, 2.24) is 0 Å². The highest BCUT2D eigenvalue weighted by molar-refractivity contribution is 5.94. The van der Waals surface area contributed by atoms with Crippen LogP contribution in [-0.2, 0) is 14.2 Å². The first-order valence-corrected chi connectivity index (χ1v) is 5.26. The average Bonchev–Trinajstić information content (AvgIpc) is 2.90. The van der Waals surface area contributed by atoms with E-state index in [1.165, 1.54) is 14.2 Å². The number of carbonyl (C=O) groups excluding carboxylic acids is 1. The maximum atomic E-state index is 11.8. The molecule has 0 radical (unpaired) electrons. The highest BCUT2D eigenvalue weighted by atomic mass is 16.7. The molecular weight excluding hydrogens is 224 g/mol. The maximum absolute atomic E-state index is 11.8. The number of rotatable bonds is 3. The lowest BCUT2D eigenvalue weighted by molar-refractivity contribution is -0.0450. The summed E-state index contributed by atoms with van der Waals surface area (Å²) >= 11 is 0. The molecule has 1 aliphatic rings. The monoisotopic (exact) mass is 238 g/mol. The molecule has 5 nitrogen and oxygen atoms in total. The van der Waals surface area contributed by atoms with E-state index in [0.717, 1.165) is 0 Å². The van der Waals surface area contributed by atoms with Crippen molar-refractivity contribution in [2.75, 3.05) is 27.4 Å². The summed E-state index contributed by atoms with van der Waals surface area (Å²) in [6.45, 7) is 1.03. The van der Waals surface area contributed by atoms with Crippen LogP contribution in [0.5, 0.6) is 5.75 Å². The predicted molar refractivity (Wildman–Crippen MR) is 59.0 cm³/mol. The minimum absolute atomic E-state index is 0.351. The lowest BCUT2D eigenvalue weighted by atomic mass is 10.1. The van der Waals surface area contributed by atoms with Crippen molar-refractivity contribution in [1.29, 1.82) is 0 Å². The summed E-state index contributed by atoms with van der Waals surface area (Å²) in [5.41, 5.74) is 0.984. The van der Waals surface area contributed by atoms with Gasteiger partial charge in [0.25, 0.3) is 0 Å². The van der Waals surface area contributed by atoms with Gasteiger partial charge in [0, 0.05) is 5.56 Å². The van der Waals surface area contributed by atoms with Crippen LogP contribution in [0.4, 0.5) is 0 Å². The quantitative estimate of drug-likeness (QED) is 0.747. The van der Waals surface area contributed by atoms with E-state index < -0.39 is 12.3 Å². The van der Waals surface area contributed by atoms with Crippen LogP contribution >= 0.6 is 0 Å². The number of carbonyl (C=O) groups is 1. The number of ether oxygens (including phenoxy) is 4. The molecular formula is C12H14O5. The fourth-order valence-corrected chi connectivity index (χ4v) is 1.77. The molecule has 1 fully saturated rings. The molecule has 2 rings (SSSR count). The Bertz CT molecular complexity index is 409. The third-order valence-electron chi connectivity index (χ3n) is 2.54. The molecule has 0 aromatic heterocycles. The fourth-order valence-electron chi connectivity index (χ4n) is 1.77. The number of hydrogen-bond acceptors (Lipinski definition) is 5. The van der Waals surface area contributed by atoms with Crippen LogP contribution in [0.15, 0.2) is 18.2 Å². The molecule has 1 heterocycles. The Morgan fingerprint density at radius 2 is 2.00 bits per heavy atom. The van der Waals surface area contributed by atoms with Crippen LogP contribution in [0.2, 0.25) is 0 Å². The second kappa shape index (κ2) is 5.16. The van der Waals surface area contributed by atoms with E-state index in [-0.39, 0.29) is 0 Å². The predicted octanol–water partition coefficient (Wildman–Crippen LogP) is 1.53. The molecule has 1 aromatic carbocycles. The Morgan fingerprint density at radius 3 is 2.59 bits per heavy atom. The summed E-state index contributed by atoms with van der Waals surface area (Å²) in [4.78, 5) is 11.8. The second-order valence-corrected chi connectivity index (χ2v) is 3.49. The van der Waals surface area contributed by atoms with Gasteiger partial charge in [-0.15, -0.1) is 0 Å². The van der Waals surface area contributed by atoms with Gasteiger partial charge in [0.1, 0.15) is 11.3 Å². The van der Waals surface area contributed by atoms with E-state index in [4.69, 9.17) is 18.9 Å². The third kappa shape index (κ3) is 2.25. The molecule has 0 N–H and O–H groups in total. The average molecular weight is 238 g/mol.